The Morgan fingerprint density at radius 3 is 2.60 bits per heavy atom. The van der Waals surface area contributed by atoms with Crippen LogP contribution < -0.4 is 14.4 Å². The number of methoxy groups -OCH3 is 2. The molecule has 10 heteroatoms. The third-order valence-corrected chi connectivity index (χ3v) is 5.88. The molecule has 0 saturated carbocycles. The Balaban J connectivity index is 1.59. The van der Waals surface area contributed by atoms with Crippen molar-refractivity contribution < 1.29 is 19.0 Å². The van der Waals surface area contributed by atoms with Crippen LogP contribution in [0, 0.1) is 0 Å². The number of amides is 1. The molecule has 2 aromatic rings. The maximum Gasteiger partial charge on any atom is 0.233 e. The molecule has 0 radical (unpaired) electrons. The Morgan fingerprint density at radius 2 is 1.93 bits per heavy atom. The van der Waals surface area contributed by atoms with Gasteiger partial charge in [-0.3, -0.25) is 9.36 Å². The van der Waals surface area contributed by atoms with Gasteiger partial charge in [-0.2, -0.15) is 0 Å². The van der Waals surface area contributed by atoms with Gasteiger partial charge >= 0.3 is 0 Å². The molecule has 30 heavy (non-hydrogen) atoms. The highest BCUT2D eigenvalue weighted by atomic mass is 32.2. The third kappa shape index (κ3) is 5.17. The van der Waals surface area contributed by atoms with Crippen LogP contribution in [0.4, 0.5) is 5.95 Å². The average molecular weight is 436 g/mol. The van der Waals surface area contributed by atoms with Crippen LogP contribution in [0.25, 0.3) is 0 Å². The first-order chi connectivity index (χ1) is 14.6. The van der Waals surface area contributed by atoms with Gasteiger partial charge in [-0.15, -0.1) is 10.2 Å². The van der Waals surface area contributed by atoms with Gasteiger partial charge in [0.2, 0.25) is 11.9 Å². The second-order valence-electron chi connectivity index (χ2n) is 6.85. The van der Waals surface area contributed by atoms with Crippen molar-refractivity contribution in [2.45, 2.75) is 25.2 Å². The third-order valence-electron chi connectivity index (χ3n) is 4.93. The predicted molar refractivity (Wildman–Crippen MR) is 115 cm³/mol. The van der Waals surface area contributed by atoms with Crippen LogP contribution in [0.3, 0.4) is 0 Å². The summed E-state index contributed by atoms with van der Waals surface area (Å²) >= 11 is 1.41. The van der Waals surface area contributed by atoms with Crippen molar-refractivity contribution in [3.63, 3.8) is 0 Å². The molecule has 0 bridgehead atoms. The van der Waals surface area contributed by atoms with Gasteiger partial charge in [0.1, 0.15) is 0 Å². The van der Waals surface area contributed by atoms with Crippen LogP contribution in [-0.4, -0.2) is 78.9 Å². The van der Waals surface area contributed by atoms with E-state index in [2.05, 4.69) is 26.6 Å². The van der Waals surface area contributed by atoms with Gasteiger partial charge in [-0.05, 0) is 24.6 Å². The highest BCUT2D eigenvalue weighted by Gasteiger charge is 2.21. The lowest BCUT2D eigenvalue weighted by molar-refractivity contribution is -0.127. The van der Waals surface area contributed by atoms with Crippen molar-refractivity contribution in [1.82, 2.24) is 19.7 Å². The van der Waals surface area contributed by atoms with Crippen molar-refractivity contribution in [3.05, 3.63) is 23.8 Å². The van der Waals surface area contributed by atoms with Gasteiger partial charge in [-0.25, -0.2) is 0 Å². The fourth-order valence-corrected chi connectivity index (χ4v) is 4.18. The molecule has 0 atom stereocenters. The number of aromatic nitrogens is 3. The summed E-state index contributed by atoms with van der Waals surface area (Å²) < 4.78 is 18.1. The zero-order valence-electron chi connectivity index (χ0n) is 18.0. The number of nitrogens with zero attached hydrogens (tertiary/aromatic N) is 5. The first-order valence-corrected chi connectivity index (χ1v) is 10.9. The highest BCUT2D eigenvalue weighted by molar-refractivity contribution is 7.99. The summed E-state index contributed by atoms with van der Waals surface area (Å²) in [6.45, 7) is 6.28. The molecule has 0 unspecified atom stereocenters. The van der Waals surface area contributed by atoms with E-state index in [0.29, 0.717) is 37.0 Å². The normalized spacial score (nSPS) is 13.9. The molecule has 0 spiro atoms. The van der Waals surface area contributed by atoms with Gasteiger partial charge in [0.25, 0.3) is 0 Å². The summed E-state index contributed by atoms with van der Waals surface area (Å²) in [5.74, 6) is 2.48. The molecular weight excluding hydrogens is 406 g/mol. The van der Waals surface area contributed by atoms with E-state index in [4.69, 9.17) is 14.2 Å². The van der Waals surface area contributed by atoms with Crippen LogP contribution in [0.1, 0.15) is 12.5 Å². The molecule has 1 saturated heterocycles. The van der Waals surface area contributed by atoms with Gasteiger partial charge in [0.05, 0.1) is 33.2 Å². The van der Waals surface area contributed by atoms with E-state index < -0.39 is 0 Å². The minimum Gasteiger partial charge on any atom is -0.493 e. The first kappa shape index (κ1) is 22.2. The number of hydrogen-bond acceptors (Lipinski definition) is 8. The Kier molecular flexibility index (Phi) is 7.81. The Morgan fingerprint density at radius 1 is 1.20 bits per heavy atom. The van der Waals surface area contributed by atoms with E-state index >= 15 is 0 Å². The lowest BCUT2D eigenvalue weighted by Crippen LogP contribution is -2.38. The highest BCUT2D eigenvalue weighted by Crippen LogP contribution is 2.28. The largest absolute Gasteiger partial charge is 0.493 e. The Bertz CT molecular complexity index is 854. The predicted octanol–water partition coefficient (Wildman–Crippen LogP) is 1.90. The van der Waals surface area contributed by atoms with Crippen LogP contribution in [0.2, 0.25) is 0 Å². The molecule has 1 aromatic heterocycles. The fourth-order valence-electron chi connectivity index (χ4n) is 3.24. The molecule has 1 aliphatic heterocycles. The molecule has 164 valence electrons. The molecular formula is C20H29N5O4S. The molecule has 1 aliphatic rings. The standard InChI is InChI=1S/C20H29N5O4S/c1-5-25-19(24-8-10-29-11-9-24)21-22-20(25)30-14-18(26)23(2)13-15-6-7-16(27-3)17(12-15)28-4/h6-7,12H,5,8-11,13-14H2,1-4H3. The maximum atomic E-state index is 12.7. The summed E-state index contributed by atoms with van der Waals surface area (Å²) in [7, 11) is 5.00. The minimum absolute atomic E-state index is 0.0216. The molecule has 1 aromatic carbocycles. The number of carbonyl (C=O) groups excluding carboxylic acids is 1. The van der Waals surface area contributed by atoms with Crippen molar-refractivity contribution in [2.24, 2.45) is 0 Å². The number of benzene rings is 1. The van der Waals surface area contributed by atoms with Crippen LogP contribution in [-0.2, 0) is 22.6 Å². The molecule has 2 heterocycles. The van der Waals surface area contributed by atoms with E-state index in [0.717, 1.165) is 36.3 Å². The van der Waals surface area contributed by atoms with E-state index in [9.17, 15) is 4.79 Å². The zero-order chi connectivity index (χ0) is 21.5. The number of ether oxygens (including phenoxy) is 3. The van der Waals surface area contributed by atoms with E-state index in [1.807, 2.05) is 18.2 Å². The average Bonchev–Trinajstić information content (AvgIpc) is 3.20. The number of rotatable bonds is 9. The quantitative estimate of drug-likeness (QED) is 0.553. The van der Waals surface area contributed by atoms with Gasteiger partial charge in [0.15, 0.2) is 16.7 Å². The minimum atomic E-state index is 0.0216. The number of morpholine rings is 1. The molecule has 3 rings (SSSR count). The summed E-state index contributed by atoms with van der Waals surface area (Å²) in [4.78, 5) is 16.5. The monoisotopic (exact) mass is 435 g/mol. The molecule has 9 nitrogen and oxygen atoms in total. The summed E-state index contributed by atoms with van der Waals surface area (Å²) in [5, 5.41) is 9.42. The molecule has 1 amide bonds. The number of anilines is 1. The van der Waals surface area contributed by atoms with E-state index in [-0.39, 0.29) is 5.91 Å². The van der Waals surface area contributed by atoms with Gasteiger partial charge in [0, 0.05) is 33.2 Å². The maximum absolute atomic E-state index is 12.7. The first-order valence-electron chi connectivity index (χ1n) is 9.91. The summed E-state index contributed by atoms with van der Waals surface area (Å²) in [6, 6.07) is 5.66. The second-order valence-corrected chi connectivity index (χ2v) is 7.80. The Labute approximate surface area is 181 Å². The summed E-state index contributed by atoms with van der Waals surface area (Å²) in [5.41, 5.74) is 0.972. The smallest absolute Gasteiger partial charge is 0.233 e. The van der Waals surface area contributed by atoms with Crippen molar-refractivity contribution in [2.75, 3.05) is 58.2 Å². The molecule has 1 fully saturated rings. The lowest BCUT2D eigenvalue weighted by Gasteiger charge is -2.27. The zero-order valence-corrected chi connectivity index (χ0v) is 18.8. The van der Waals surface area contributed by atoms with E-state index in [1.54, 1.807) is 26.2 Å². The van der Waals surface area contributed by atoms with Gasteiger partial charge in [-0.1, -0.05) is 17.8 Å². The van der Waals surface area contributed by atoms with Crippen molar-refractivity contribution in [3.8, 4) is 11.5 Å². The number of hydrogen-bond donors (Lipinski definition) is 0. The fraction of sp³-hybridized carbons (Fsp3) is 0.550. The SMILES string of the molecule is CCn1c(SCC(=O)N(C)Cc2ccc(OC)c(OC)c2)nnc1N1CCOCC1. The lowest BCUT2D eigenvalue weighted by atomic mass is 10.2. The Hall–Kier alpha value is -2.46. The van der Waals surface area contributed by atoms with Crippen LogP contribution in [0.15, 0.2) is 23.4 Å². The number of thioether (sulfide) groups is 1. The van der Waals surface area contributed by atoms with Crippen LogP contribution in [0.5, 0.6) is 11.5 Å². The summed E-state index contributed by atoms with van der Waals surface area (Å²) in [6.07, 6.45) is 0. The van der Waals surface area contributed by atoms with Crippen molar-refractivity contribution in [1.29, 1.82) is 0 Å². The molecule has 0 aliphatic carbocycles. The van der Waals surface area contributed by atoms with Gasteiger partial charge < -0.3 is 24.0 Å². The molecule has 0 N–H and O–H groups in total. The van der Waals surface area contributed by atoms with Crippen molar-refractivity contribution >= 4 is 23.6 Å². The number of carbonyl (C=O) groups is 1. The second kappa shape index (κ2) is 10.5. The van der Waals surface area contributed by atoms with Crippen LogP contribution >= 0.6 is 11.8 Å². The van der Waals surface area contributed by atoms with E-state index in [1.165, 1.54) is 11.8 Å². The topological polar surface area (TPSA) is 82.0 Å².